The molecule has 0 unspecified atom stereocenters. The van der Waals surface area contributed by atoms with Gasteiger partial charge < -0.3 is 10.2 Å². The van der Waals surface area contributed by atoms with Crippen LogP contribution in [0.15, 0.2) is 23.1 Å². The fourth-order valence-corrected chi connectivity index (χ4v) is 6.67. The number of halogens is 1. The minimum absolute atomic E-state index is 0.0274. The Morgan fingerprint density at radius 3 is 2.30 bits per heavy atom. The first-order chi connectivity index (χ1) is 15.6. The molecule has 0 radical (unpaired) electrons. The number of carbonyl (C=O) groups excluding carboxylic acids is 2. The average molecular weight is 497 g/mol. The molecule has 1 aromatic carbocycles. The number of sulfonamides is 1. The van der Waals surface area contributed by atoms with Crippen molar-refractivity contribution < 1.29 is 18.0 Å². The van der Waals surface area contributed by atoms with Crippen LogP contribution in [0.2, 0.25) is 5.02 Å². The summed E-state index contributed by atoms with van der Waals surface area (Å²) < 4.78 is 28.1. The molecule has 2 atom stereocenters. The smallest absolute Gasteiger partial charge is 0.255 e. The monoisotopic (exact) mass is 496 g/mol. The van der Waals surface area contributed by atoms with E-state index in [2.05, 4.69) is 19.2 Å². The van der Waals surface area contributed by atoms with Gasteiger partial charge in [-0.05, 0) is 49.3 Å². The molecule has 2 saturated heterocycles. The van der Waals surface area contributed by atoms with Crippen molar-refractivity contribution in [1.29, 1.82) is 0 Å². The van der Waals surface area contributed by atoms with Gasteiger partial charge in [-0.25, -0.2) is 8.42 Å². The lowest BCUT2D eigenvalue weighted by atomic mass is 9.94. The van der Waals surface area contributed by atoms with Gasteiger partial charge in [-0.1, -0.05) is 25.4 Å². The molecule has 1 N–H and O–H groups in total. The zero-order chi connectivity index (χ0) is 23.8. The van der Waals surface area contributed by atoms with Gasteiger partial charge in [0, 0.05) is 45.3 Å². The van der Waals surface area contributed by atoms with E-state index < -0.39 is 10.0 Å². The van der Waals surface area contributed by atoms with Crippen LogP contribution in [0.25, 0.3) is 0 Å². The molecular formula is C23H33ClN4O4S. The molecule has 0 bridgehead atoms. The Morgan fingerprint density at radius 1 is 1.06 bits per heavy atom. The van der Waals surface area contributed by atoms with Crippen molar-refractivity contribution in [3.63, 3.8) is 0 Å². The van der Waals surface area contributed by atoms with Crippen LogP contribution in [0.4, 0.5) is 0 Å². The van der Waals surface area contributed by atoms with Crippen molar-refractivity contribution in [1.82, 2.24) is 19.4 Å². The minimum atomic E-state index is -3.71. The summed E-state index contributed by atoms with van der Waals surface area (Å²) in [4.78, 5) is 29.0. The first-order valence-electron chi connectivity index (χ1n) is 11.7. The van der Waals surface area contributed by atoms with Crippen LogP contribution in [0.5, 0.6) is 0 Å². The predicted octanol–water partition coefficient (Wildman–Crippen LogP) is 2.04. The van der Waals surface area contributed by atoms with E-state index in [9.17, 15) is 18.0 Å². The van der Waals surface area contributed by atoms with E-state index >= 15 is 0 Å². The molecule has 10 heteroatoms. The highest BCUT2D eigenvalue weighted by molar-refractivity contribution is 7.89. The maximum atomic E-state index is 13.3. The van der Waals surface area contributed by atoms with Gasteiger partial charge in [0.05, 0.1) is 22.0 Å². The Bertz CT molecular complexity index is 996. The predicted molar refractivity (Wildman–Crippen MR) is 127 cm³/mol. The summed E-state index contributed by atoms with van der Waals surface area (Å²) >= 11 is 6.33. The lowest BCUT2D eigenvalue weighted by molar-refractivity contribution is -0.122. The molecule has 33 heavy (non-hydrogen) atoms. The summed E-state index contributed by atoms with van der Waals surface area (Å²) in [5.74, 6) is 0.332. The fraction of sp³-hybridized carbons (Fsp3) is 0.652. The normalized spacial score (nSPS) is 25.1. The first kappa shape index (κ1) is 24.4. The second-order valence-electron chi connectivity index (χ2n) is 9.82. The topological polar surface area (TPSA) is 90.0 Å². The van der Waals surface area contributed by atoms with Gasteiger partial charge in [-0.2, -0.15) is 4.31 Å². The first-order valence-corrected chi connectivity index (χ1v) is 13.6. The third-order valence-electron chi connectivity index (χ3n) is 6.61. The lowest BCUT2D eigenvalue weighted by Gasteiger charge is -2.35. The zero-order valence-electron chi connectivity index (χ0n) is 19.3. The van der Waals surface area contributed by atoms with Crippen molar-refractivity contribution in [2.45, 2.75) is 44.0 Å². The van der Waals surface area contributed by atoms with E-state index in [1.807, 2.05) is 4.90 Å². The summed E-state index contributed by atoms with van der Waals surface area (Å²) in [7, 11) is -3.71. The summed E-state index contributed by atoms with van der Waals surface area (Å²) in [5, 5.41) is 3.22. The third-order valence-corrected chi connectivity index (χ3v) is 8.77. The molecular weight excluding hydrogens is 464 g/mol. The van der Waals surface area contributed by atoms with Crippen molar-refractivity contribution in [2.75, 3.05) is 45.8 Å². The highest BCUT2D eigenvalue weighted by atomic mass is 35.5. The molecule has 3 aliphatic rings. The molecule has 182 valence electrons. The van der Waals surface area contributed by atoms with Gasteiger partial charge in [0.25, 0.3) is 5.91 Å². The maximum Gasteiger partial charge on any atom is 0.255 e. The van der Waals surface area contributed by atoms with Crippen LogP contribution < -0.4 is 5.32 Å². The van der Waals surface area contributed by atoms with Crippen molar-refractivity contribution in [3.8, 4) is 0 Å². The van der Waals surface area contributed by atoms with Crippen LogP contribution in [0, 0.1) is 11.8 Å². The molecule has 1 saturated carbocycles. The standard InChI is InChI=1S/C23H33ClN4O4S/c1-16-11-17(2)14-28(13-16)33(31,32)19-5-6-21(24)20(12-19)23(30)27-9-7-26(8-10-27)15-22(29)25-18-3-4-18/h5-6,12,16-18H,3-4,7-11,13-15H2,1-2H3,(H,25,29)/t16-,17-/m0/s1. The van der Waals surface area contributed by atoms with Gasteiger partial charge in [-0.15, -0.1) is 0 Å². The SMILES string of the molecule is C[C@H]1C[C@H](C)CN(S(=O)(=O)c2ccc(Cl)c(C(=O)N3CCN(CC(=O)NC4CC4)CC3)c2)C1. The fourth-order valence-electron chi connectivity index (χ4n) is 4.76. The molecule has 0 spiro atoms. The second-order valence-corrected chi connectivity index (χ2v) is 12.2. The summed E-state index contributed by atoms with van der Waals surface area (Å²) in [6.45, 7) is 7.51. The van der Waals surface area contributed by atoms with E-state index in [0.717, 1.165) is 19.3 Å². The quantitative estimate of drug-likeness (QED) is 0.651. The number of benzene rings is 1. The highest BCUT2D eigenvalue weighted by Gasteiger charge is 2.33. The van der Waals surface area contributed by atoms with Crippen LogP contribution in [0.3, 0.4) is 0 Å². The largest absolute Gasteiger partial charge is 0.352 e. The molecule has 3 fully saturated rings. The van der Waals surface area contributed by atoms with E-state index in [4.69, 9.17) is 11.6 Å². The molecule has 8 nitrogen and oxygen atoms in total. The van der Waals surface area contributed by atoms with Crippen LogP contribution in [-0.2, 0) is 14.8 Å². The van der Waals surface area contributed by atoms with E-state index in [1.165, 1.54) is 22.5 Å². The molecule has 1 aliphatic carbocycles. The number of piperidine rings is 1. The zero-order valence-corrected chi connectivity index (χ0v) is 20.9. The van der Waals surface area contributed by atoms with Gasteiger partial charge in [0.2, 0.25) is 15.9 Å². The van der Waals surface area contributed by atoms with E-state index in [0.29, 0.717) is 63.7 Å². The van der Waals surface area contributed by atoms with E-state index in [1.54, 1.807) is 4.90 Å². The van der Waals surface area contributed by atoms with Gasteiger partial charge >= 0.3 is 0 Å². The number of hydrogen-bond acceptors (Lipinski definition) is 5. The van der Waals surface area contributed by atoms with Crippen molar-refractivity contribution >= 4 is 33.4 Å². The van der Waals surface area contributed by atoms with Crippen LogP contribution in [-0.4, -0.2) is 86.2 Å². The summed E-state index contributed by atoms with van der Waals surface area (Å²) in [5.41, 5.74) is 0.204. The second kappa shape index (κ2) is 9.90. The minimum Gasteiger partial charge on any atom is -0.352 e. The lowest BCUT2D eigenvalue weighted by Crippen LogP contribution is -2.51. The van der Waals surface area contributed by atoms with Crippen LogP contribution in [0.1, 0.15) is 43.5 Å². The maximum absolute atomic E-state index is 13.3. The van der Waals surface area contributed by atoms with Gasteiger partial charge in [0.1, 0.15) is 0 Å². The number of piperazine rings is 1. The Kier molecular flexibility index (Phi) is 7.33. The Morgan fingerprint density at radius 2 is 1.70 bits per heavy atom. The number of hydrogen-bond donors (Lipinski definition) is 1. The summed E-state index contributed by atoms with van der Waals surface area (Å²) in [6, 6.07) is 4.73. The van der Waals surface area contributed by atoms with Crippen molar-refractivity contribution in [3.05, 3.63) is 28.8 Å². The molecule has 0 aromatic heterocycles. The Hall–Kier alpha value is -1.68. The third kappa shape index (κ3) is 5.88. The molecule has 1 aromatic rings. The molecule has 2 aliphatic heterocycles. The van der Waals surface area contributed by atoms with Crippen LogP contribution >= 0.6 is 11.6 Å². The Balaban J connectivity index is 1.42. The molecule has 2 amide bonds. The van der Waals surface area contributed by atoms with Crippen molar-refractivity contribution in [2.24, 2.45) is 11.8 Å². The van der Waals surface area contributed by atoms with Gasteiger partial charge in [-0.3, -0.25) is 14.5 Å². The number of nitrogens with zero attached hydrogens (tertiary/aromatic N) is 3. The number of carbonyl (C=O) groups is 2. The Labute approximate surface area is 201 Å². The number of nitrogens with one attached hydrogen (secondary N) is 1. The highest BCUT2D eigenvalue weighted by Crippen LogP contribution is 2.29. The molecule has 2 heterocycles. The van der Waals surface area contributed by atoms with E-state index in [-0.39, 0.29) is 27.3 Å². The average Bonchev–Trinajstić information content (AvgIpc) is 3.57. The molecule has 4 rings (SSSR count). The number of amides is 2. The number of rotatable bonds is 6. The summed E-state index contributed by atoms with van der Waals surface area (Å²) in [6.07, 6.45) is 3.11. The van der Waals surface area contributed by atoms with Gasteiger partial charge in [0.15, 0.2) is 0 Å².